The maximum absolute atomic E-state index is 12.7. The predicted molar refractivity (Wildman–Crippen MR) is 156 cm³/mol. The van der Waals surface area contributed by atoms with Gasteiger partial charge >= 0.3 is 17.6 Å². The Balaban J connectivity index is 1.42. The van der Waals surface area contributed by atoms with Crippen molar-refractivity contribution in [2.45, 2.75) is 51.4 Å². The number of unbranched alkanes of at least 4 members (excludes halogenated alkanes) is 6. The summed E-state index contributed by atoms with van der Waals surface area (Å²) in [5, 5.41) is 20.5. The van der Waals surface area contributed by atoms with Crippen molar-refractivity contribution in [3.63, 3.8) is 0 Å². The fraction of sp³-hybridized carbons (Fsp3) is 0.312. The van der Waals surface area contributed by atoms with Gasteiger partial charge in [-0.05, 0) is 72.9 Å². The summed E-state index contributed by atoms with van der Waals surface area (Å²) in [7, 11) is 1.56. The number of benzene rings is 3. The molecule has 1 N–H and O–H groups in total. The Kier molecular flexibility index (Phi) is 11.9. The van der Waals surface area contributed by atoms with Crippen molar-refractivity contribution in [1.82, 2.24) is 0 Å². The number of nitrogens with zero attached hydrogens (tertiary/aromatic N) is 1. The van der Waals surface area contributed by atoms with Crippen molar-refractivity contribution in [2.75, 3.05) is 13.7 Å². The number of carbonyl (C=O) groups excluding carboxylic acids is 1. The molecule has 41 heavy (non-hydrogen) atoms. The molecular formula is C32H35NO8. The molecule has 0 radical (unpaired) electrons. The van der Waals surface area contributed by atoms with E-state index in [0.29, 0.717) is 30.1 Å². The molecule has 0 aromatic heterocycles. The van der Waals surface area contributed by atoms with Crippen LogP contribution in [0.15, 0.2) is 78.9 Å². The van der Waals surface area contributed by atoms with Gasteiger partial charge in [0, 0.05) is 11.6 Å². The van der Waals surface area contributed by atoms with Crippen molar-refractivity contribution >= 4 is 17.6 Å². The van der Waals surface area contributed by atoms with E-state index in [9.17, 15) is 19.7 Å². The molecule has 3 aromatic rings. The lowest BCUT2D eigenvalue weighted by Crippen LogP contribution is -2.10. The molecule has 9 nitrogen and oxygen atoms in total. The molecule has 3 aromatic carbocycles. The molecule has 216 valence electrons. The minimum atomic E-state index is -0.918. The number of rotatable bonds is 17. The quantitative estimate of drug-likeness (QED) is 0.0445. The first-order chi connectivity index (χ1) is 19.8. The Morgan fingerprint density at radius 3 is 2.02 bits per heavy atom. The number of aliphatic carboxylic acids is 1. The molecule has 0 amide bonds. The standard InChI is InChI=1S/C32H35NO8/c1-23(31(34)35)10-8-6-4-3-5-7-9-21-40-28-18-13-25(14-19-28)32(36)41-30-20-15-26(22-29(30)33(37)38)24-11-16-27(39-2)17-12-24/h11-20,22H,1,3-10,21H2,2H3,(H,34,35). The van der Waals surface area contributed by atoms with Gasteiger partial charge in [0.15, 0.2) is 0 Å². The Morgan fingerprint density at radius 2 is 1.41 bits per heavy atom. The van der Waals surface area contributed by atoms with Gasteiger partial charge in [-0.1, -0.05) is 56.9 Å². The van der Waals surface area contributed by atoms with Gasteiger partial charge in [0.2, 0.25) is 5.75 Å². The molecule has 0 heterocycles. The minimum Gasteiger partial charge on any atom is -0.497 e. The Morgan fingerprint density at radius 1 is 0.829 bits per heavy atom. The molecule has 0 saturated carbocycles. The topological polar surface area (TPSA) is 125 Å². The predicted octanol–water partition coefficient (Wildman–Crippen LogP) is 7.63. The summed E-state index contributed by atoms with van der Waals surface area (Å²) in [6, 6.07) is 18.0. The van der Waals surface area contributed by atoms with Crippen LogP contribution in [0, 0.1) is 10.1 Å². The number of carboxylic acid groups (broad SMARTS) is 1. The van der Waals surface area contributed by atoms with E-state index in [4.69, 9.17) is 19.3 Å². The average molecular weight is 562 g/mol. The van der Waals surface area contributed by atoms with E-state index in [2.05, 4.69) is 6.58 Å². The summed E-state index contributed by atoms with van der Waals surface area (Å²) in [6.07, 6.45) is 7.57. The number of carboxylic acids is 1. The van der Waals surface area contributed by atoms with Gasteiger partial charge in [-0.2, -0.15) is 0 Å². The highest BCUT2D eigenvalue weighted by Gasteiger charge is 2.20. The van der Waals surface area contributed by atoms with Gasteiger partial charge in [-0.3, -0.25) is 10.1 Å². The van der Waals surface area contributed by atoms with Crippen LogP contribution in [0.1, 0.15) is 61.7 Å². The van der Waals surface area contributed by atoms with Crippen molar-refractivity contribution in [3.05, 3.63) is 94.6 Å². The molecule has 0 fully saturated rings. The van der Waals surface area contributed by atoms with Crippen LogP contribution >= 0.6 is 0 Å². The van der Waals surface area contributed by atoms with E-state index in [1.807, 2.05) is 0 Å². The van der Waals surface area contributed by atoms with Crippen molar-refractivity contribution in [3.8, 4) is 28.4 Å². The molecule has 0 aliphatic carbocycles. The lowest BCUT2D eigenvalue weighted by Gasteiger charge is -2.09. The van der Waals surface area contributed by atoms with E-state index in [0.717, 1.165) is 50.5 Å². The third-order valence-corrected chi connectivity index (χ3v) is 6.57. The van der Waals surface area contributed by atoms with Crippen LogP contribution in [0.4, 0.5) is 5.69 Å². The average Bonchev–Trinajstić information content (AvgIpc) is 2.98. The molecule has 0 aliphatic heterocycles. The second-order valence-corrected chi connectivity index (χ2v) is 9.56. The van der Waals surface area contributed by atoms with Gasteiger partial charge in [-0.25, -0.2) is 9.59 Å². The lowest BCUT2D eigenvalue weighted by atomic mass is 10.0. The molecular weight excluding hydrogens is 526 g/mol. The van der Waals surface area contributed by atoms with Crippen LogP contribution in [0.2, 0.25) is 0 Å². The Bertz CT molecular complexity index is 1330. The number of nitro groups is 1. The second kappa shape index (κ2) is 15.8. The zero-order valence-corrected chi connectivity index (χ0v) is 23.2. The molecule has 0 aliphatic rings. The summed E-state index contributed by atoms with van der Waals surface area (Å²) in [5.41, 5.74) is 1.58. The van der Waals surface area contributed by atoms with Crippen LogP contribution in [0.25, 0.3) is 11.1 Å². The van der Waals surface area contributed by atoms with Gasteiger partial charge in [0.05, 0.1) is 24.2 Å². The highest BCUT2D eigenvalue weighted by molar-refractivity contribution is 5.92. The monoisotopic (exact) mass is 561 g/mol. The van der Waals surface area contributed by atoms with Crippen molar-refractivity contribution in [1.29, 1.82) is 0 Å². The summed E-state index contributed by atoms with van der Waals surface area (Å²) in [5.74, 6) is -0.465. The summed E-state index contributed by atoms with van der Waals surface area (Å²) in [4.78, 5) is 34.5. The number of hydrogen-bond donors (Lipinski definition) is 1. The van der Waals surface area contributed by atoms with E-state index in [1.165, 1.54) is 12.1 Å². The lowest BCUT2D eigenvalue weighted by molar-refractivity contribution is -0.385. The number of methoxy groups -OCH3 is 1. The molecule has 3 rings (SSSR count). The first-order valence-corrected chi connectivity index (χ1v) is 13.6. The highest BCUT2D eigenvalue weighted by atomic mass is 16.6. The van der Waals surface area contributed by atoms with Crippen LogP contribution in [0.5, 0.6) is 17.2 Å². The Hall–Kier alpha value is -4.66. The van der Waals surface area contributed by atoms with Crippen LogP contribution in [-0.4, -0.2) is 35.7 Å². The third kappa shape index (κ3) is 9.79. The minimum absolute atomic E-state index is 0.136. The number of esters is 1. The fourth-order valence-corrected chi connectivity index (χ4v) is 4.18. The highest BCUT2D eigenvalue weighted by Crippen LogP contribution is 2.33. The third-order valence-electron chi connectivity index (χ3n) is 6.57. The number of hydrogen-bond acceptors (Lipinski definition) is 7. The molecule has 0 bridgehead atoms. The van der Waals surface area contributed by atoms with Gasteiger partial charge in [0.25, 0.3) is 0 Å². The summed E-state index contributed by atoms with van der Waals surface area (Å²) >= 11 is 0. The molecule has 9 heteroatoms. The smallest absolute Gasteiger partial charge is 0.343 e. The van der Waals surface area contributed by atoms with Crippen LogP contribution < -0.4 is 14.2 Å². The molecule has 0 spiro atoms. The number of nitro benzene ring substituents is 1. The molecule has 0 unspecified atom stereocenters. The van der Waals surface area contributed by atoms with Crippen molar-refractivity contribution < 1.29 is 33.8 Å². The van der Waals surface area contributed by atoms with Gasteiger partial charge in [-0.15, -0.1) is 0 Å². The zero-order chi connectivity index (χ0) is 29.6. The van der Waals surface area contributed by atoms with Crippen molar-refractivity contribution in [2.24, 2.45) is 0 Å². The van der Waals surface area contributed by atoms with Gasteiger partial charge in [0.1, 0.15) is 11.5 Å². The molecule has 0 atom stereocenters. The normalized spacial score (nSPS) is 10.6. The summed E-state index contributed by atoms with van der Waals surface area (Å²) < 4.78 is 16.3. The Labute approximate surface area is 239 Å². The molecule has 0 saturated heterocycles. The second-order valence-electron chi connectivity index (χ2n) is 9.56. The van der Waals surface area contributed by atoms with E-state index < -0.39 is 16.9 Å². The van der Waals surface area contributed by atoms with Gasteiger partial charge < -0.3 is 19.3 Å². The first kappa shape index (κ1) is 30.9. The maximum atomic E-state index is 12.7. The van der Waals surface area contributed by atoms with E-state index in [-0.39, 0.29) is 22.6 Å². The largest absolute Gasteiger partial charge is 0.497 e. The van der Waals surface area contributed by atoms with E-state index in [1.54, 1.807) is 61.7 Å². The number of ether oxygens (including phenoxy) is 3. The number of carbonyl (C=O) groups is 2. The van der Waals surface area contributed by atoms with Crippen LogP contribution in [0.3, 0.4) is 0 Å². The fourth-order valence-electron chi connectivity index (χ4n) is 4.18. The summed E-state index contributed by atoms with van der Waals surface area (Å²) in [6.45, 7) is 4.09. The zero-order valence-electron chi connectivity index (χ0n) is 23.2. The maximum Gasteiger partial charge on any atom is 0.343 e. The SMILES string of the molecule is C=C(CCCCCCCCCOc1ccc(C(=O)Oc2ccc(-c3ccc(OC)cc3)cc2[N+](=O)[O-])cc1)C(=O)O. The van der Waals surface area contributed by atoms with Crippen LogP contribution in [-0.2, 0) is 4.79 Å². The van der Waals surface area contributed by atoms with E-state index >= 15 is 0 Å². The first-order valence-electron chi connectivity index (χ1n) is 13.6.